The quantitative estimate of drug-likeness (QED) is 0.217. The summed E-state index contributed by atoms with van der Waals surface area (Å²) in [5.41, 5.74) is 2.63. The molecule has 0 aliphatic carbocycles. The highest BCUT2D eigenvalue weighted by molar-refractivity contribution is 7.99. The van der Waals surface area contributed by atoms with Gasteiger partial charge < -0.3 is 19.8 Å². The van der Waals surface area contributed by atoms with E-state index in [9.17, 15) is 14.4 Å². The maximum absolute atomic E-state index is 13.6. The number of furan rings is 1. The van der Waals surface area contributed by atoms with Crippen molar-refractivity contribution in [1.29, 1.82) is 0 Å². The Bertz CT molecular complexity index is 1330. The van der Waals surface area contributed by atoms with Crippen molar-refractivity contribution in [1.82, 2.24) is 10.6 Å². The Hall–Kier alpha value is -4.30. The summed E-state index contributed by atoms with van der Waals surface area (Å²) < 4.78 is 10.7. The molecule has 0 aliphatic heterocycles. The average Bonchev–Trinajstić information content (AvgIpc) is 3.50. The lowest BCUT2D eigenvalue weighted by molar-refractivity contribution is -0.128. The zero-order chi connectivity index (χ0) is 28.0. The number of carbonyl (C=O) groups is 3. The first-order chi connectivity index (χ1) is 19.6. The normalized spacial score (nSPS) is 12.2. The van der Waals surface area contributed by atoms with Crippen LogP contribution >= 0.6 is 11.8 Å². The van der Waals surface area contributed by atoms with Gasteiger partial charge in [0.2, 0.25) is 5.91 Å². The van der Waals surface area contributed by atoms with Crippen LogP contribution in [0.15, 0.2) is 114 Å². The van der Waals surface area contributed by atoms with Gasteiger partial charge in [0.15, 0.2) is 5.78 Å². The van der Waals surface area contributed by atoms with Gasteiger partial charge in [-0.25, -0.2) is 4.79 Å². The molecule has 4 rings (SSSR count). The second-order valence-corrected chi connectivity index (χ2v) is 10.2. The Morgan fingerprint density at radius 2 is 1.27 bits per heavy atom. The summed E-state index contributed by atoms with van der Waals surface area (Å²) in [4.78, 5) is 39.6. The first-order valence-electron chi connectivity index (χ1n) is 13.0. The molecule has 0 saturated carbocycles. The maximum Gasteiger partial charge on any atom is 0.408 e. The summed E-state index contributed by atoms with van der Waals surface area (Å²) in [5.74, 6) is 0.970. The van der Waals surface area contributed by atoms with Crippen molar-refractivity contribution in [3.63, 3.8) is 0 Å². The number of alkyl carbamates (subject to hydrolysis) is 1. The molecule has 8 heteroatoms. The molecule has 0 aliphatic rings. The molecule has 0 unspecified atom stereocenters. The van der Waals surface area contributed by atoms with Crippen LogP contribution < -0.4 is 10.6 Å². The van der Waals surface area contributed by atoms with Crippen LogP contribution in [0.25, 0.3) is 0 Å². The van der Waals surface area contributed by atoms with Gasteiger partial charge in [-0.3, -0.25) is 9.59 Å². The van der Waals surface area contributed by atoms with Gasteiger partial charge in [0.25, 0.3) is 0 Å². The van der Waals surface area contributed by atoms with Crippen molar-refractivity contribution in [3.8, 4) is 0 Å². The fourth-order valence-electron chi connectivity index (χ4n) is 4.08. The van der Waals surface area contributed by atoms with Crippen molar-refractivity contribution < 1.29 is 23.5 Å². The number of amides is 2. The van der Waals surface area contributed by atoms with E-state index in [-0.39, 0.29) is 24.6 Å². The lowest BCUT2D eigenvalue weighted by Gasteiger charge is -2.23. The smallest absolute Gasteiger partial charge is 0.408 e. The van der Waals surface area contributed by atoms with Gasteiger partial charge in [0.05, 0.1) is 23.8 Å². The predicted molar refractivity (Wildman–Crippen MR) is 156 cm³/mol. The minimum atomic E-state index is -0.937. The molecule has 3 aromatic carbocycles. The summed E-state index contributed by atoms with van der Waals surface area (Å²) in [6.45, 7) is 0.0777. The fraction of sp³-hybridized carbons (Fsp3) is 0.219. The van der Waals surface area contributed by atoms with Gasteiger partial charge in [0, 0.05) is 6.42 Å². The summed E-state index contributed by atoms with van der Waals surface area (Å²) >= 11 is 1.43. The molecular formula is C32H32N2O5S. The van der Waals surface area contributed by atoms with E-state index >= 15 is 0 Å². The Labute approximate surface area is 238 Å². The molecule has 7 nitrogen and oxygen atoms in total. The molecule has 0 spiro atoms. The van der Waals surface area contributed by atoms with Gasteiger partial charge >= 0.3 is 6.09 Å². The van der Waals surface area contributed by atoms with Crippen LogP contribution in [0.1, 0.15) is 22.5 Å². The molecule has 40 heavy (non-hydrogen) atoms. The van der Waals surface area contributed by atoms with Crippen molar-refractivity contribution in [2.24, 2.45) is 0 Å². The van der Waals surface area contributed by atoms with Crippen molar-refractivity contribution in [2.45, 2.75) is 37.3 Å². The van der Waals surface area contributed by atoms with E-state index < -0.39 is 24.1 Å². The number of ketones is 1. The number of carbonyl (C=O) groups excluding carboxylic acids is 3. The third-order valence-electron chi connectivity index (χ3n) is 6.16. The summed E-state index contributed by atoms with van der Waals surface area (Å²) in [5, 5.41) is 5.62. The SMILES string of the molecule is O=C(N[C@@H](Cc1ccccc1)C(=O)N[C@@H](Cc1ccccc1)C(=O)CSCc1ccco1)OCc1ccccc1. The Morgan fingerprint density at radius 3 is 1.85 bits per heavy atom. The minimum absolute atomic E-state index is 0.0777. The fourth-order valence-corrected chi connectivity index (χ4v) is 4.95. The van der Waals surface area contributed by atoms with E-state index in [1.165, 1.54) is 11.8 Å². The third-order valence-corrected chi connectivity index (χ3v) is 7.14. The van der Waals surface area contributed by atoms with Gasteiger partial charge in [0.1, 0.15) is 18.4 Å². The lowest BCUT2D eigenvalue weighted by atomic mass is 10.0. The second kappa shape index (κ2) is 15.3. The number of rotatable bonds is 14. The van der Waals surface area contributed by atoms with Crippen molar-refractivity contribution in [3.05, 3.63) is 132 Å². The molecule has 0 saturated heterocycles. The molecule has 206 valence electrons. The molecule has 0 fully saturated rings. The topological polar surface area (TPSA) is 97.6 Å². The van der Waals surface area contributed by atoms with Gasteiger partial charge in [-0.15, -0.1) is 11.8 Å². The van der Waals surface area contributed by atoms with Gasteiger partial charge in [-0.05, 0) is 35.2 Å². The highest BCUT2D eigenvalue weighted by atomic mass is 32.2. The number of nitrogens with one attached hydrogen (secondary N) is 2. The molecule has 2 atom stereocenters. The van der Waals surface area contributed by atoms with Crippen LogP contribution in [0.3, 0.4) is 0 Å². The number of benzene rings is 3. The summed E-state index contributed by atoms with van der Waals surface area (Å²) in [7, 11) is 0. The first-order valence-corrected chi connectivity index (χ1v) is 14.2. The van der Waals surface area contributed by atoms with E-state index in [0.717, 1.165) is 22.5 Å². The zero-order valence-corrected chi connectivity index (χ0v) is 22.8. The van der Waals surface area contributed by atoms with E-state index in [0.29, 0.717) is 12.2 Å². The Morgan fingerprint density at radius 1 is 0.700 bits per heavy atom. The van der Waals surface area contributed by atoms with E-state index in [4.69, 9.17) is 9.15 Å². The second-order valence-electron chi connectivity index (χ2n) is 9.24. The minimum Gasteiger partial charge on any atom is -0.468 e. The molecular weight excluding hydrogens is 524 g/mol. The van der Waals surface area contributed by atoms with Gasteiger partial charge in [-0.1, -0.05) is 91.0 Å². The van der Waals surface area contributed by atoms with Crippen LogP contribution in [0.4, 0.5) is 4.79 Å². The van der Waals surface area contributed by atoms with Crippen LogP contribution in [-0.2, 0) is 39.5 Å². The third kappa shape index (κ3) is 9.47. The summed E-state index contributed by atoms with van der Waals surface area (Å²) in [6, 6.07) is 30.2. The molecule has 2 amide bonds. The number of hydrogen-bond acceptors (Lipinski definition) is 6. The number of hydrogen-bond donors (Lipinski definition) is 2. The largest absolute Gasteiger partial charge is 0.468 e. The van der Waals surface area contributed by atoms with Crippen LogP contribution in [0.2, 0.25) is 0 Å². The van der Waals surface area contributed by atoms with Crippen LogP contribution in [-0.4, -0.2) is 35.6 Å². The average molecular weight is 557 g/mol. The molecule has 2 N–H and O–H groups in total. The summed E-state index contributed by atoms with van der Waals surface area (Å²) in [6.07, 6.45) is 1.47. The predicted octanol–water partition coefficient (Wildman–Crippen LogP) is 5.35. The molecule has 1 aromatic heterocycles. The standard InChI is InChI=1S/C32H32N2O5S/c35-30(23-40-22-27-17-10-18-38-27)28(19-24-11-4-1-5-12-24)33-31(36)29(20-25-13-6-2-7-14-25)34-32(37)39-21-26-15-8-3-9-16-26/h1-18,28-29H,19-23H2,(H,33,36)(H,34,37)/t28-,29-/m0/s1. The number of ether oxygens (including phenoxy) is 1. The Kier molecular flexibility index (Phi) is 11.0. The van der Waals surface area contributed by atoms with Gasteiger partial charge in [-0.2, -0.15) is 0 Å². The molecule has 1 heterocycles. The highest BCUT2D eigenvalue weighted by Gasteiger charge is 2.27. The zero-order valence-electron chi connectivity index (χ0n) is 22.0. The van der Waals surface area contributed by atoms with Crippen LogP contribution in [0, 0.1) is 0 Å². The van der Waals surface area contributed by atoms with Crippen molar-refractivity contribution >= 4 is 29.5 Å². The van der Waals surface area contributed by atoms with Crippen molar-refractivity contribution in [2.75, 3.05) is 5.75 Å². The lowest BCUT2D eigenvalue weighted by Crippen LogP contribution is -2.53. The van der Waals surface area contributed by atoms with Crippen LogP contribution in [0.5, 0.6) is 0 Å². The first kappa shape index (κ1) is 28.7. The number of thioether (sulfide) groups is 1. The Balaban J connectivity index is 1.44. The highest BCUT2D eigenvalue weighted by Crippen LogP contribution is 2.15. The monoisotopic (exact) mass is 556 g/mol. The molecule has 4 aromatic rings. The van der Waals surface area contributed by atoms with E-state index in [1.807, 2.05) is 97.1 Å². The van der Waals surface area contributed by atoms with E-state index in [2.05, 4.69) is 10.6 Å². The number of Topliss-reactive ketones (excluding diaryl/α,β-unsaturated/α-hetero) is 1. The van der Waals surface area contributed by atoms with E-state index in [1.54, 1.807) is 12.3 Å². The molecule has 0 radical (unpaired) electrons. The molecule has 0 bridgehead atoms. The maximum atomic E-state index is 13.6.